The zero-order valence-corrected chi connectivity index (χ0v) is 26.3. The molecule has 39 heavy (non-hydrogen) atoms. The highest BCUT2D eigenvalue weighted by Gasteiger charge is 2.52. The van der Waals surface area contributed by atoms with E-state index in [1.807, 2.05) is 59.5 Å². The monoisotopic (exact) mass is 571 g/mol. The number of likely N-dealkylation sites (tertiary alicyclic amines) is 1. The van der Waals surface area contributed by atoms with Crippen molar-refractivity contribution in [2.75, 3.05) is 26.1 Å². The average molecular weight is 572 g/mol. The number of carbonyl (C=O) groups excluding carboxylic acids is 1. The third-order valence-corrected chi connectivity index (χ3v) is 16.6. The molecular formula is C31H45NO5SSi. The summed E-state index contributed by atoms with van der Waals surface area (Å²) < 4.78 is 38.8. The van der Waals surface area contributed by atoms with E-state index in [1.165, 1.54) is 0 Å². The Kier molecular flexibility index (Phi) is 8.42. The van der Waals surface area contributed by atoms with Crippen molar-refractivity contribution in [2.24, 2.45) is 0 Å². The van der Waals surface area contributed by atoms with Gasteiger partial charge in [0.05, 0.1) is 12.5 Å². The first-order chi connectivity index (χ1) is 18.3. The lowest BCUT2D eigenvalue weighted by Crippen LogP contribution is -2.54. The second-order valence-electron chi connectivity index (χ2n) is 12.8. The van der Waals surface area contributed by atoms with E-state index in [1.54, 1.807) is 7.11 Å². The third-order valence-electron chi connectivity index (χ3n) is 9.64. The fourth-order valence-corrected chi connectivity index (χ4v) is 9.72. The molecule has 214 valence electrons. The number of methoxy groups -OCH3 is 1. The Morgan fingerprint density at radius 2 is 1.46 bits per heavy atom. The number of nitrogens with zero attached hydrogens (tertiary/aromatic N) is 1. The topological polar surface area (TPSA) is 72.9 Å². The Labute approximate surface area is 236 Å². The first-order valence-corrected chi connectivity index (χ1v) is 18.7. The molecule has 1 amide bonds. The molecule has 0 N–H and O–H groups in total. The van der Waals surface area contributed by atoms with Gasteiger partial charge in [-0.2, -0.15) is 0 Å². The molecule has 4 rings (SSSR count). The molecule has 0 unspecified atom stereocenters. The Bertz CT molecular complexity index is 1240. The van der Waals surface area contributed by atoms with Gasteiger partial charge in [0.2, 0.25) is 5.91 Å². The highest BCUT2D eigenvalue weighted by atomic mass is 32.2. The van der Waals surface area contributed by atoms with Crippen LogP contribution in [-0.2, 0) is 29.2 Å². The smallest absolute Gasteiger partial charge is 0.233 e. The molecule has 0 atom stereocenters. The van der Waals surface area contributed by atoms with Gasteiger partial charge in [0, 0.05) is 13.1 Å². The first kappa shape index (κ1) is 29.8. The van der Waals surface area contributed by atoms with E-state index >= 15 is 0 Å². The minimum absolute atomic E-state index is 0.0880. The molecule has 1 saturated carbocycles. The summed E-state index contributed by atoms with van der Waals surface area (Å²) >= 11 is 0. The SMILES string of the molecule is COc1ccc(C2(C(=O)N3CCC(c4ccccc4)(S(=O)(=O)CO[Si](C)(C)C(C)(C)C)CC3)CCCC2)cc1. The van der Waals surface area contributed by atoms with Gasteiger partial charge in [-0.3, -0.25) is 4.79 Å². The Morgan fingerprint density at radius 1 is 0.897 bits per heavy atom. The van der Waals surface area contributed by atoms with E-state index in [2.05, 4.69) is 33.9 Å². The lowest BCUT2D eigenvalue weighted by atomic mass is 9.76. The number of hydrogen-bond acceptors (Lipinski definition) is 5. The van der Waals surface area contributed by atoms with Gasteiger partial charge in [-0.15, -0.1) is 0 Å². The van der Waals surface area contributed by atoms with Crippen LogP contribution in [0.1, 0.15) is 70.4 Å². The predicted octanol–water partition coefficient (Wildman–Crippen LogP) is 6.42. The molecule has 2 aromatic carbocycles. The molecule has 2 fully saturated rings. The van der Waals surface area contributed by atoms with Crippen LogP contribution in [0.25, 0.3) is 0 Å². The molecule has 0 radical (unpaired) electrons. The lowest BCUT2D eigenvalue weighted by molar-refractivity contribution is -0.138. The van der Waals surface area contributed by atoms with E-state index < -0.39 is 28.3 Å². The molecule has 0 bridgehead atoms. The van der Waals surface area contributed by atoms with Crippen LogP contribution in [-0.4, -0.2) is 53.7 Å². The van der Waals surface area contributed by atoms with Gasteiger partial charge in [-0.1, -0.05) is 76.1 Å². The Hall–Kier alpha value is -2.16. The maximum absolute atomic E-state index is 14.2. The summed E-state index contributed by atoms with van der Waals surface area (Å²) in [5.41, 5.74) is 1.27. The largest absolute Gasteiger partial charge is 0.497 e. The normalized spacial score (nSPS) is 19.6. The van der Waals surface area contributed by atoms with Crippen LogP contribution in [0.2, 0.25) is 18.1 Å². The molecule has 1 heterocycles. The summed E-state index contributed by atoms with van der Waals surface area (Å²) in [6.07, 6.45) is 4.39. The number of amides is 1. The van der Waals surface area contributed by atoms with Crippen LogP contribution in [0, 0.1) is 0 Å². The van der Waals surface area contributed by atoms with Crippen LogP contribution < -0.4 is 4.74 Å². The van der Waals surface area contributed by atoms with Gasteiger partial charge >= 0.3 is 0 Å². The van der Waals surface area contributed by atoms with Crippen molar-refractivity contribution in [3.8, 4) is 5.75 Å². The zero-order valence-electron chi connectivity index (χ0n) is 24.5. The summed E-state index contributed by atoms with van der Waals surface area (Å²) in [6, 6.07) is 17.4. The second-order valence-corrected chi connectivity index (χ2v) is 19.9. The molecule has 6 nitrogen and oxygen atoms in total. The van der Waals surface area contributed by atoms with E-state index in [4.69, 9.17) is 9.16 Å². The Balaban J connectivity index is 1.60. The maximum atomic E-state index is 14.2. The van der Waals surface area contributed by atoms with E-state index in [9.17, 15) is 13.2 Å². The van der Waals surface area contributed by atoms with Crippen molar-refractivity contribution in [3.05, 3.63) is 65.7 Å². The van der Waals surface area contributed by atoms with Crippen molar-refractivity contribution in [1.82, 2.24) is 4.90 Å². The van der Waals surface area contributed by atoms with E-state index in [0.717, 1.165) is 42.6 Å². The predicted molar refractivity (Wildman–Crippen MR) is 159 cm³/mol. The summed E-state index contributed by atoms with van der Waals surface area (Å²) in [5, 5.41) is -0.0880. The molecule has 8 heteroatoms. The summed E-state index contributed by atoms with van der Waals surface area (Å²) in [6.45, 7) is 11.3. The number of benzene rings is 2. The summed E-state index contributed by atoms with van der Waals surface area (Å²) in [4.78, 5) is 16.1. The van der Waals surface area contributed by atoms with E-state index in [-0.39, 0.29) is 16.9 Å². The van der Waals surface area contributed by atoms with Crippen LogP contribution in [0.3, 0.4) is 0 Å². The van der Waals surface area contributed by atoms with Crippen LogP contribution >= 0.6 is 0 Å². The lowest BCUT2D eigenvalue weighted by Gasteiger charge is -2.45. The van der Waals surface area contributed by atoms with Crippen molar-refractivity contribution in [3.63, 3.8) is 0 Å². The first-order valence-electron chi connectivity index (χ1n) is 14.1. The minimum Gasteiger partial charge on any atom is -0.497 e. The minimum atomic E-state index is -3.67. The number of carbonyl (C=O) groups is 1. The number of piperidine rings is 1. The summed E-state index contributed by atoms with van der Waals surface area (Å²) in [5.74, 6) is 0.610. The number of rotatable bonds is 8. The van der Waals surface area contributed by atoms with Gasteiger partial charge in [0.15, 0.2) is 18.2 Å². The molecule has 1 aliphatic heterocycles. The molecule has 2 aliphatic rings. The molecule has 1 aliphatic carbocycles. The van der Waals surface area contributed by atoms with Gasteiger partial charge < -0.3 is 14.1 Å². The van der Waals surface area contributed by atoms with Crippen molar-refractivity contribution in [2.45, 2.75) is 87.6 Å². The van der Waals surface area contributed by atoms with Gasteiger partial charge in [-0.25, -0.2) is 8.42 Å². The van der Waals surface area contributed by atoms with Crippen LogP contribution in [0.5, 0.6) is 5.75 Å². The highest BCUT2D eigenvalue weighted by Crippen LogP contribution is 2.47. The fourth-order valence-electron chi connectivity index (χ4n) is 5.96. The van der Waals surface area contributed by atoms with Crippen molar-refractivity contribution < 1.29 is 22.4 Å². The molecular weight excluding hydrogens is 526 g/mol. The fraction of sp³-hybridized carbons (Fsp3) is 0.581. The van der Waals surface area contributed by atoms with E-state index in [0.29, 0.717) is 25.9 Å². The average Bonchev–Trinajstić information content (AvgIpc) is 3.43. The van der Waals surface area contributed by atoms with Crippen LogP contribution in [0.4, 0.5) is 0 Å². The van der Waals surface area contributed by atoms with Gasteiger partial charge in [0.1, 0.15) is 16.4 Å². The van der Waals surface area contributed by atoms with Gasteiger partial charge in [-0.05, 0) is 67.1 Å². The van der Waals surface area contributed by atoms with Gasteiger partial charge in [0.25, 0.3) is 0 Å². The summed E-state index contributed by atoms with van der Waals surface area (Å²) in [7, 11) is -4.30. The standard InChI is InChI=1S/C31H45NO5SSi/c1-29(2,3)39(5,6)37-24-38(34,35)31(26-12-8-7-9-13-26)20-22-32(23-21-31)28(33)30(18-10-11-19-30)25-14-16-27(36-4)17-15-25/h7-9,12-17H,10-11,18-24H2,1-6H3. The second kappa shape index (κ2) is 11.0. The third kappa shape index (κ3) is 5.57. The van der Waals surface area contributed by atoms with Crippen molar-refractivity contribution >= 4 is 24.1 Å². The number of hydrogen-bond donors (Lipinski definition) is 0. The molecule has 1 saturated heterocycles. The van der Waals surface area contributed by atoms with Crippen LogP contribution in [0.15, 0.2) is 54.6 Å². The number of ether oxygens (including phenoxy) is 1. The maximum Gasteiger partial charge on any atom is 0.233 e. The molecule has 0 aromatic heterocycles. The quantitative estimate of drug-likeness (QED) is 0.342. The molecule has 2 aromatic rings. The molecule has 0 spiro atoms. The highest BCUT2D eigenvalue weighted by molar-refractivity contribution is 7.92. The Morgan fingerprint density at radius 3 is 1.97 bits per heavy atom. The zero-order chi connectivity index (χ0) is 28.5. The number of sulfone groups is 1. The van der Waals surface area contributed by atoms with Crippen molar-refractivity contribution in [1.29, 1.82) is 0 Å².